The third-order valence-corrected chi connectivity index (χ3v) is 2.74. The van der Waals surface area contributed by atoms with Crippen LogP contribution in [-0.2, 0) is 0 Å². The highest BCUT2D eigenvalue weighted by molar-refractivity contribution is 5.78. The van der Waals surface area contributed by atoms with Gasteiger partial charge in [0, 0.05) is 17.3 Å². The van der Waals surface area contributed by atoms with Crippen molar-refractivity contribution in [3.05, 3.63) is 18.2 Å². The lowest BCUT2D eigenvalue weighted by molar-refractivity contribution is 0.508. The number of aromatic nitrogens is 1. The molecule has 4 nitrogen and oxygen atoms in total. The summed E-state index contributed by atoms with van der Waals surface area (Å²) in [6.07, 6.45) is 0.994. The van der Waals surface area contributed by atoms with Gasteiger partial charge in [-0.05, 0) is 32.4 Å². The van der Waals surface area contributed by atoms with E-state index in [0.29, 0.717) is 11.7 Å². The number of nitrogen functional groups attached to an aromatic ring is 1. The molecule has 16 heavy (non-hydrogen) atoms. The number of fused-ring (bicyclic) bond motifs is 1. The van der Waals surface area contributed by atoms with Gasteiger partial charge >= 0.3 is 0 Å². The molecule has 2 aromatic rings. The quantitative estimate of drug-likeness (QED) is 0.779. The number of hydrogen-bond donors (Lipinski definition) is 2. The molecular formula is C12H17N3O. The first-order valence-corrected chi connectivity index (χ1v) is 5.44. The van der Waals surface area contributed by atoms with Crippen molar-refractivity contribution in [3.63, 3.8) is 0 Å². The van der Waals surface area contributed by atoms with Gasteiger partial charge in [0.15, 0.2) is 5.58 Å². The molecule has 0 saturated carbocycles. The smallest absolute Gasteiger partial charge is 0.296 e. The molecule has 0 unspecified atom stereocenters. The van der Waals surface area contributed by atoms with Crippen LogP contribution in [0.3, 0.4) is 0 Å². The number of nitrogens with two attached hydrogens (primary N) is 1. The Labute approximate surface area is 94.8 Å². The van der Waals surface area contributed by atoms with Gasteiger partial charge in [-0.25, -0.2) is 0 Å². The van der Waals surface area contributed by atoms with E-state index in [1.165, 1.54) is 0 Å². The lowest BCUT2D eigenvalue weighted by Crippen LogP contribution is -2.29. The van der Waals surface area contributed by atoms with Gasteiger partial charge in [-0.2, -0.15) is 4.98 Å². The van der Waals surface area contributed by atoms with E-state index in [2.05, 4.69) is 31.1 Å². The Morgan fingerprint density at radius 3 is 2.88 bits per heavy atom. The Morgan fingerprint density at radius 2 is 2.19 bits per heavy atom. The van der Waals surface area contributed by atoms with Gasteiger partial charge in [-0.1, -0.05) is 6.92 Å². The van der Waals surface area contributed by atoms with Gasteiger partial charge < -0.3 is 15.5 Å². The average molecular weight is 219 g/mol. The van der Waals surface area contributed by atoms with E-state index in [9.17, 15) is 0 Å². The molecule has 86 valence electrons. The molecule has 0 saturated heterocycles. The molecule has 0 amide bonds. The van der Waals surface area contributed by atoms with Crippen molar-refractivity contribution in [2.45, 2.75) is 32.7 Å². The van der Waals surface area contributed by atoms with Crippen LogP contribution < -0.4 is 11.1 Å². The van der Waals surface area contributed by atoms with Crippen LogP contribution in [0.5, 0.6) is 0 Å². The van der Waals surface area contributed by atoms with Crippen LogP contribution >= 0.6 is 0 Å². The third kappa shape index (κ3) is 2.10. The fourth-order valence-electron chi connectivity index (χ4n) is 1.37. The molecule has 3 N–H and O–H groups in total. The van der Waals surface area contributed by atoms with Crippen LogP contribution in [-0.4, -0.2) is 10.5 Å². The highest BCUT2D eigenvalue weighted by Crippen LogP contribution is 2.24. The maximum atomic E-state index is 5.68. The van der Waals surface area contributed by atoms with Crippen molar-refractivity contribution in [3.8, 4) is 0 Å². The van der Waals surface area contributed by atoms with Crippen LogP contribution in [0.15, 0.2) is 22.6 Å². The predicted octanol–water partition coefficient (Wildman–Crippen LogP) is 3.01. The van der Waals surface area contributed by atoms with E-state index in [1.54, 1.807) is 6.07 Å². The predicted molar refractivity (Wildman–Crippen MR) is 66.4 cm³/mol. The van der Waals surface area contributed by atoms with Crippen LogP contribution in [0.1, 0.15) is 27.2 Å². The van der Waals surface area contributed by atoms with E-state index in [0.717, 1.165) is 17.5 Å². The van der Waals surface area contributed by atoms with Gasteiger partial charge in [-0.15, -0.1) is 0 Å². The Bertz CT molecular complexity index is 502. The second kappa shape index (κ2) is 3.70. The molecule has 4 heteroatoms. The Morgan fingerprint density at radius 1 is 1.44 bits per heavy atom. The number of benzene rings is 1. The van der Waals surface area contributed by atoms with Gasteiger partial charge in [-0.3, -0.25) is 0 Å². The summed E-state index contributed by atoms with van der Waals surface area (Å²) >= 11 is 0. The fraction of sp³-hybridized carbons (Fsp3) is 0.417. The Kier molecular flexibility index (Phi) is 2.50. The van der Waals surface area contributed by atoms with Crippen LogP contribution in [0.4, 0.5) is 11.7 Å². The monoisotopic (exact) mass is 219 g/mol. The van der Waals surface area contributed by atoms with Crippen LogP contribution in [0, 0.1) is 0 Å². The number of nitrogens with zero attached hydrogens (tertiary/aromatic N) is 1. The summed E-state index contributed by atoms with van der Waals surface area (Å²) in [4.78, 5) is 4.35. The van der Waals surface area contributed by atoms with E-state index in [1.807, 2.05) is 12.1 Å². The van der Waals surface area contributed by atoms with Crippen LogP contribution in [0.2, 0.25) is 0 Å². The third-order valence-electron chi connectivity index (χ3n) is 2.74. The summed E-state index contributed by atoms with van der Waals surface area (Å²) in [6, 6.07) is 6.01. The number of rotatable bonds is 3. The first kappa shape index (κ1) is 10.8. The van der Waals surface area contributed by atoms with Crippen molar-refractivity contribution >= 4 is 22.8 Å². The molecule has 1 heterocycles. The molecule has 0 atom stereocenters. The zero-order valence-corrected chi connectivity index (χ0v) is 9.87. The van der Waals surface area contributed by atoms with Crippen molar-refractivity contribution in [1.29, 1.82) is 0 Å². The van der Waals surface area contributed by atoms with Gasteiger partial charge in [0.25, 0.3) is 6.01 Å². The molecule has 0 spiro atoms. The average Bonchev–Trinajstić information content (AvgIpc) is 2.58. The summed E-state index contributed by atoms with van der Waals surface area (Å²) in [6.45, 7) is 6.33. The van der Waals surface area contributed by atoms with Crippen molar-refractivity contribution in [2.75, 3.05) is 11.1 Å². The molecule has 0 aliphatic carbocycles. The molecular weight excluding hydrogens is 202 g/mol. The van der Waals surface area contributed by atoms with Crippen molar-refractivity contribution in [2.24, 2.45) is 0 Å². The molecule has 0 fully saturated rings. The standard InChI is InChI=1S/C12H17N3O/c1-4-12(2,3)15-11-14-9-6-5-8(13)7-10(9)16-11/h5-7H,4,13H2,1-3H3,(H,14,15). The molecule has 0 bridgehead atoms. The second-order valence-electron chi connectivity index (χ2n) is 4.61. The fourth-order valence-corrected chi connectivity index (χ4v) is 1.37. The topological polar surface area (TPSA) is 64.1 Å². The molecule has 1 aromatic carbocycles. The zero-order chi connectivity index (χ0) is 11.8. The summed E-state index contributed by atoms with van der Waals surface area (Å²) in [5.74, 6) is 0. The summed E-state index contributed by atoms with van der Waals surface area (Å²) in [5.41, 5.74) is 7.88. The van der Waals surface area contributed by atoms with Gasteiger partial charge in [0.05, 0.1) is 0 Å². The Hall–Kier alpha value is -1.71. The maximum absolute atomic E-state index is 5.68. The minimum absolute atomic E-state index is 0.0214. The minimum Gasteiger partial charge on any atom is -0.423 e. The van der Waals surface area contributed by atoms with E-state index >= 15 is 0 Å². The SMILES string of the molecule is CCC(C)(C)Nc1nc2ccc(N)cc2o1. The largest absolute Gasteiger partial charge is 0.423 e. The van der Waals surface area contributed by atoms with Crippen LogP contribution in [0.25, 0.3) is 11.1 Å². The van der Waals surface area contributed by atoms with Crippen molar-refractivity contribution < 1.29 is 4.42 Å². The normalized spacial score (nSPS) is 11.9. The summed E-state index contributed by atoms with van der Waals surface area (Å²) in [5, 5.41) is 3.26. The van der Waals surface area contributed by atoms with Crippen molar-refractivity contribution in [1.82, 2.24) is 4.98 Å². The summed E-state index contributed by atoms with van der Waals surface area (Å²) < 4.78 is 5.58. The number of oxazole rings is 1. The molecule has 0 aliphatic rings. The first-order valence-electron chi connectivity index (χ1n) is 5.44. The maximum Gasteiger partial charge on any atom is 0.296 e. The summed E-state index contributed by atoms with van der Waals surface area (Å²) in [7, 11) is 0. The molecule has 1 aromatic heterocycles. The minimum atomic E-state index is -0.0214. The Balaban J connectivity index is 2.33. The first-order chi connectivity index (χ1) is 7.50. The molecule has 2 rings (SSSR count). The van der Waals surface area contributed by atoms with E-state index in [4.69, 9.17) is 10.2 Å². The van der Waals surface area contributed by atoms with Gasteiger partial charge in [0.2, 0.25) is 0 Å². The van der Waals surface area contributed by atoms with E-state index in [-0.39, 0.29) is 5.54 Å². The van der Waals surface area contributed by atoms with Gasteiger partial charge in [0.1, 0.15) is 5.52 Å². The molecule has 0 aliphatic heterocycles. The number of anilines is 2. The highest BCUT2D eigenvalue weighted by atomic mass is 16.4. The lowest BCUT2D eigenvalue weighted by Gasteiger charge is -2.22. The second-order valence-corrected chi connectivity index (χ2v) is 4.61. The molecule has 0 radical (unpaired) electrons. The number of nitrogens with one attached hydrogen (secondary N) is 1. The number of hydrogen-bond acceptors (Lipinski definition) is 4. The lowest BCUT2D eigenvalue weighted by atomic mass is 10.0. The highest BCUT2D eigenvalue weighted by Gasteiger charge is 2.17. The van der Waals surface area contributed by atoms with E-state index < -0.39 is 0 Å². The zero-order valence-electron chi connectivity index (χ0n) is 9.87.